The van der Waals surface area contributed by atoms with Crippen LogP contribution >= 0.6 is 11.3 Å². The van der Waals surface area contributed by atoms with E-state index in [-0.39, 0.29) is 18.0 Å². The Morgan fingerprint density at radius 1 is 1.03 bits per heavy atom. The summed E-state index contributed by atoms with van der Waals surface area (Å²) < 4.78 is 0. The molecule has 0 radical (unpaired) electrons. The highest BCUT2D eigenvalue weighted by molar-refractivity contribution is 7.10. The summed E-state index contributed by atoms with van der Waals surface area (Å²) in [5, 5.41) is 5.31. The van der Waals surface area contributed by atoms with Crippen molar-refractivity contribution in [3.8, 4) is 0 Å². The average molecular weight is 407 g/mol. The number of anilines is 1. The Bertz CT molecular complexity index is 893. The Labute approximate surface area is 176 Å². The van der Waals surface area contributed by atoms with Gasteiger partial charge in [-0.2, -0.15) is 0 Å². The van der Waals surface area contributed by atoms with E-state index in [2.05, 4.69) is 74.9 Å². The first-order chi connectivity index (χ1) is 14.2. The number of thiophene rings is 1. The van der Waals surface area contributed by atoms with Gasteiger partial charge in [0.15, 0.2) is 0 Å². The fraction of sp³-hybridized carbons (Fsp3) is 0.304. The molecular formula is C23H26N4OS. The number of nitrogens with zero attached hydrogens (tertiary/aromatic N) is 3. The molecule has 0 spiro atoms. The number of benzene rings is 1. The summed E-state index contributed by atoms with van der Waals surface area (Å²) in [5.74, 6) is -0.0740. The number of para-hydroxylation sites is 1. The van der Waals surface area contributed by atoms with Crippen molar-refractivity contribution < 1.29 is 4.79 Å². The maximum Gasteiger partial charge on any atom is 0.253 e. The van der Waals surface area contributed by atoms with Gasteiger partial charge in [-0.25, -0.2) is 0 Å². The molecule has 150 valence electrons. The van der Waals surface area contributed by atoms with Crippen molar-refractivity contribution >= 4 is 22.9 Å². The van der Waals surface area contributed by atoms with E-state index >= 15 is 0 Å². The SMILES string of the molecule is C[C@H](NC(=O)c1cccnc1)[C@H](c1cccs1)N1CCN(c2ccccc2)CC1. The summed E-state index contributed by atoms with van der Waals surface area (Å²) in [6, 6.07) is 18.6. The summed E-state index contributed by atoms with van der Waals surface area (Å²) in [7, 11) is 0. The van der Waals surface area contributed by atoms with Crippen LogP contribution in [0.3, 0.4) is 0 Å². The van der Waals surface area contributed by atoms with Gasteiger partial charge in [-0.3, -0.25) is 14.7 Å². The van der Waals surface area contributed by atoms with Gasteiger partial charge in [-0.1, -0.05) is 24.3 Å². The molecule has 3 aromatic rings. The second kappa shape index (κ2) is 9.20. The second-order valence-electron chi connectivity index (χ2n) is 7.32. The lowest BCUT2D eigenvalue weighted by Crippen LogP contribution is -2.52. The zero-order valence-electron chi connectivity index (χ0n) is 16.6. The Hall–Kier alpha value is -2.70. The molecule has 0 bridgehead atoms. The molecule has 4 rings (SSSR count). The molecule has 1 aromatic carbocycles. The van der Waals surface area contributed by atoms with E-state index in [1.807, 2.05) is 0 Å². The molecule has 2 aromatic heterocycles. The van der Waals surface area contributed by atoms with Gasteiger partial charge in [-0.15, -0.1) is 11.3 Å². The van der Waals surface area contributed by atoms with Crippen LogP contribution in [0.1, 0.15) is 28.2 Å². The van der Waals surface area contributed by atoms with Gasteiger partial charge in [0.05, 0.1) is 11.6 Å². The zero-order valence-corrected chi connectivity index (χ0v) is 17.4. The predicted octanol–water partition coefficient (Wildman–Crippen LogP) is 3.82. The minimum Gasteiger partial charge on any atom is -0.369 e. The number of pyridine rings is 1. The van der Waals surface area contributed by atoms with E-state index in [1.165, 1.54) is 10.6 Å². The molecule has 5 nitrogen and oxygen atoms in total. The van der Waals surface area contributed by atoms with Crippen LogP contribution in [0.15, 0.2) is 72.4 Å². The average Bonchev–Trinajstić information content (AvgIpc) is 3.30. The summed E-state index contributed by atoms with van der Waals surface area (Å²) in [6.45, 7) is 5.99. The molecule has 0 aliphatic carbocycles. The molecule has 1 aliphatic rings. The Morgan fingerprint density at radius 3 is 2.48 bits per heavy atom. The minimum absolute atomic E-state index is 0.00960. The van der Waals surface area contributed by atoms with Crippen LogP contribution in [0, 0.1) is 0 Å². The van der Waals surface area contributed by atoms with Gasteiger partial charge in [0, 0.05) is 55.2 Å². The number of amides is 1. The van der Waals surface area contributed by atoms with Crippen LogP contribution < -0.4 is 10.2 Å². The molecule has 1 N–H and O–H groups in total. The molecule has 3 heterocycles. The number of rotatable bonds is 6. The highest BCUT2D eigenvalue weighted by Crippen LogP contribution is 2.30. The smallest absolute Gasteiger partial charge is 0.253 e. The maximum absolute atomic E-state index is 12.7. The highest BCUT2D eigenvalue weighted by atomic mass is 32.1. The first-order valence-corrected chi connectivity index (χ1v) is 10.9. The van der Waals surface area contributed by atoms with Crippen LogP contribution in [0.2, 0.25) is 0 Å². The first-order valence-electron chi connectivity index (χ1n) is 10.0. The Balaban J connectivity index is 1.46. The first kappa shape index (κ1) is 19.6. The van der Waals surface area contributed by atoms with Gasteiger partial charge >= 0.3 is 0 Å². The molecule has 29 heavy (non-hydrogen) atoms. The molecule has 1 amide bonds. The van der Waals surface area contributed by atoms with E-state index in [0.717, 1.165) is 26.2 Å². The van der Waals surface area contributed by atoms with Crippen molar-refractivity contribution in [2.24, 2.45) is 0 Å². The third kappa shape index (κ3) is 4.66. The monoisotopic (exact) mass is 406 g/mol. The summed E-state index contributed by atoms with van der Waals surface area (Å²) in [4.78, 5) is 23.0. The van der Waals surface area contributed by atoms with Gasteiger partial charge in [0.25, 0.3) is 5.91 Å². The molecular weight excluding hydrogens is 380 g/mol. The fourth-order valence-corrected chi connectivity index (χ4v) is 4.93. The van der Waals surface area contributed by atoms with Gasteiger partial charge in [-0.05, 0) is 42.6 Å². The fourth-order valence-electron chi connectivity index (χ4n) is 3.97. The second-order valence-corrected chi connectivity index (χ2v) is 8.30. The number of hydrogen-bond acceptors (Lipinski definition) is 5. The summed E-state index contributed by atoms with van der Waals surface area (Å²) in [5.41, 5.74) is 1.87. The molecule has 6 heteroatoms. The molecule has 0 saturated carbocycles. The topological polar surface area (TPSA) is 48.5 Å². The molecule has 1 saturated heterocycles. The maximum atomic E-state index is 12.7. The van der Waals surface area contributed by atoms with Crippen molar-refractivity contribution in [1.29, 1.82) is 0 Å². The number of aromatic nitrogens is 1. The van der Waals surface area contributed by atoms with Crippen molar-refractivity contribution in [1.82, 2.24) is 15.2 Å². The molecule has 2 atom stereocenters. The van der Waals surface area contributed by atoms with Crippen LogP contribution in [0.4, 0.5) is 5.69 Å². The van der Waals surface area contributed by atoms with Crippen molar-refractivity contribution in [2.45, 2.75) is 19.0 Å². The van der Waals surface area contributed by atoms with Crippen LogP contribution in [0.5, 0.6) is 0 Å². The lowest BCUT2D eigenvalue weighted by atomic mass is 10.0. The van der Waals surface area contributed by atoms with E-state index < -0.39 is 0 Å². The largest absolute Gasteiger partial charge is 0.369 e. The predicted molar refractivity (Wildman–Crippen MR) is 118 cm³/mol. The third-order valence-electron chi connectivity index (χ3n) is 5.42. The van der Waals surface area contributed by atoms with Crippen molar-refractivity contribution in [2.75, 3.05) is 31.1 Å². The number of nitrogens with one attached hydrogen (secondary N) is 1. The van der Waals surface area contributed by atoms with Gasteiger partial charge < -0.3 is 10.2 Å². The zero-order chi connectivity index (χ0) is 20.1. The van der Waals surface area contributed by atoms with Crippen molar-refractivity contribution in [3.63, 3.8) is 0 Å². The molecule has 1 fully saturated rings. The van der Waals surface area contributed by atoms with Crippen LogP contribution in [-0.2, 0) is 0 Å². The summed E-state index contributed by atoms with van der Waals surface area (Å²) >= 11 is 1.75. The van der Waals surface area contributed by atoms with Gasteiger partial charge in [0.1, 0.15) is 0 Å². The van der Waals surface area contributed by atoms with E-state index in [0.29, 0.717) is 5.56 Å². The minimum atomic E-state index is -0.0740. The summed E-state index contributed by atoms with van der Waals surface area (Å²) in [6.07, 6.45) is 3.29. The molecule has 1 aliphatic heterocycles. The van der Waals surface area contributed by atoms with E-state index in [4.69, 9.17) is 0 Å². The van der Waals surface area contributed by atoms with E-state index in [1.54, 1.807) is 35.9 Å². The normalized spacial score (nSPS) is 16.9. The highest BCUT2D eigenvalue weighted by Gasteiger charge is 2.31. The number of piperazine rings is 1. The Morgan fingerprint density at radius 2 is 1.83 bits per heavy atom. The lowest BCUT2D eigenvalue weighted by Gasteiger charge is -2.42. The third-order valence-corrected chi connectivity index (χ3v) is 6.36. The number of hydrogen-bond donors (Lipinski definition) is 1. The standard InChI is InChI=1S/C23H26N4OS/c1-18(25-23(28)19-7-5-11-24-17-19)22(21-10-6-16-29-21)27-14-12-26(13-15-27)20-8-3-2-4-9-20/h2-11,16-18,22H,12-15H2,1H3,(H,25,28)/t18-,22+/m0/s1. The quantitative estimate of drug-likeness (QED) is 0.676. The van der Waals surface area contributed by atoms with Crippen molar-refractivity contribution in [3.05, 3.63) is 82.8 Å². The number of carbonyl (C=O) groups is 1. The van der Waals surface area contributed by atoms with E-state index in [9.17, 15) is 4.79 Å². The molecule has 0 unspecified atom stereocenters. The number of carbonyl (C=O) groups excluding carboxylic acids is 1. The van der Waals surface area contributed by atoms with Crippen LogP contribution in [0.25, 0.3) is 0 Å². The lowest BCUT2D eigenvalue weighted by molar-refractivity contribution is 0.0890. The Kier molecular flexibility index (Phi) is 6.22. The van der Waals surface area contributed by atoms with Gasteiger partial charge in [0.2, 0.25) is 0 Å². The van der Waals surface area contributed by atoms with Crippen LogP contribution in [-0.4, -0.2) is 48.0 Å².